The van der Waals surface area contributed by atoms with Crippen LogP contribution in [0.15, 0.2) is 36.6 Å². The number of fused-ring (bicyclic) bond motifs is 1. The Labute approximate surface area is 317 Å². The van der Waals surface area contributed by atoms with Gasteiger partial charge in [-0.1, -0.05) is 39.8 Å². The molecule has 2 heterocycles. The van der Waals surface area contributed by atoms with Gasteiger partial charge in [0, 0.05) is 42.9 Å². The van der Waals surface area contributed by atoms with Gasteiger partial charge in [0.05, 0.1) is 47.1 Å². The fourth-order valence-corrected chi connectivity index (χ4v) is 8.23. The Hall–Kier alpha value is -3.47. The molecular formula is C39H58N2O13. The van der Waals surface area contributed by atoms with Gasteiger partial charge in [-0.05, 0) is 60.7 Å². The molecule has 2 aliphatic heterocycles. The van der Waals surface area contributed by atoms with E-state index in [1.807, 2.05) is 25.9 Å². The van der Waals surface area contributed by atoms with Crippen molar-refractivity contribution in [1.82, 2.24) is 4.90 Å². The number of carbonyl (C=O) groups excluding carboxylic acids is 3. The fraction of sp³-hybridized carbons (Fsp3) is 0.718. The molecule has 54 heavy (non-hydrogen) atoms. The zero-order valence-corrected chi connectivity index (χ0v) is 33.2. The number of Topliss-reactive ketones (excluding diaryl/α,β-unsaturated/α-hetero) is 1. The van der Waals surface area contributed by atoms with Gasteiger partial charge in [-0.3, -0.25) is 24.5 Å². The van der Waals surface area contributed by atoms with Gasteiger partial charge in [0.1, 0.15) is 23.6 Å². The van der Waals surface area contributed by atoms with Crippen molar-refractivity contribution < 1.29 is 57.9 Å². The van der Waals surface area contributed by atoms with Gasteiger partial charge in [0.15, 0.2) is 23.9 Å². The first-order chi connectivity index (χ1) is 25.2. The van der Waals surface area contributed by atoms with Gasteiger partial charge < -0.3 is 43.5 Å². The third-order valence-corrected chi connectivity index (χ3v) is 11.7. The van der Waals surface area contributed by atoms with E-state index >= 15 is 0 Å². The predicted octanol–water partition coefficient (Wildman–Crippen LogP) is 3.86. The number of allylic oxidation sites excluding steroid dienone is 1. The average Bonchev–Trinajstić information content (AvgIpc) is 3.65. The van der Waals surface area contributed by atoms with Crippen LogP contribution in [0.3, 0.4) is 0 Å². The predicted molar refractivity (Wildman–Crippen MR) is 195 cm³/mol. The summed E-state index contributed by atoms with van der Waals surface area (Å²) in [5.74, 6) is -5.88. The molecule has 0 bridgehead atoms. The van der Waals surface area contributed by atoms with Crippen molar-refractivity contribution in [2.75, 3.05) is 21.2 Å². The summed E-state index contributed by atoms with van der Waals surface area (Å²) in [6.07, 6.45) is -3.84. The zero-order chi connectivity index (χ0) is 40.4. The second-order valence-corrected chi connectivity index (χ2v) is 15.9. The van der Waals surface area contributed by atoms with E-state index in [1.165, 1.54) is 51.5 Å². The number of ether oxygens (including phenoxy) is 6. The normalized spacial score (nSPS) is 40.7. The SMILES string of the molecule is CO[C@@]1(C)C[C@@H](C)C(=O)[C@H](C)[C@@H](O)[C@@]2(O)C(C)[C@H]2OC(=O)[C@H](C)[C@@H](Oc2ccccc2[N+](=O)[O-])[C@H](C)[C@H]1O[C@@H]1O[C@H](C)C[C@H](N(C)C)[C@H]1O/C=C/C(C)=O. The summed E-state index contributed by atoms with van der Waals surface area (Å²) in [6, 6.07) is 5.54. The fourth-order valence-electron chi connectivity index (χ4n) is 8.23. The second-order valence-electron chi connectivity index (χ2n) is 15.9. The third-order valence-electron chi connectivity index (χ3n) is 11.7. The first-order valence-electron chi connectivity index (χ1n) is 18.6. The highest BCUT2D eigenvalue weighted by molar-refractivity contribution is 5.86. The van der Waals surface area contributed by atoms with Crippen LogP contribution in [0.25, 0.3) is 0 Å². The Balaban J connectivity index is 1.90. The lowest BCUT2D eigenvalue weighted by Crippen LogP contribution is -2.60. The number of nitro benzene ring substituents is 1. The van der Waals surface area contributed by atoms with E-state index in [2.05, 4.69) is 0 Å². The van der Waals surface area contributed by atoms with Crippen molar-refractivity contribution in [2.45, 2.75) is 128 Å². The van der Waals surface area contributed by atoms with Crippen LogP contribution < -0.4 is 4.74 Å². The van der Waals surface area contributed by atoms with Crippen LogP contribution in [-0.4, -0.2) is 119 Å². The number of aliphatic hydroxyl groups excluding tert-OH is 1. The van der Waals surface area contributed by atoms with Gasteiger partial charge in [-0.15, -0.1) is 0 Å². The van der Waals surface area contributed by atoms with E-state index in [0.717, 1.165) is 0 Å². The summed E-state index contributed by atoms with van der Waals surface area (Å²) in [6.45, 7) is 13.2. The van der Waals surface area contributed by atoms with Gasteiger partial charge in [0.25, 0.3) is 0 Å². The van der Waals surface area contributed by atoms with E-state index < -0.39 is 88.5 Å². The number of methoxy groups -OCH3 is 1. The Bertz CT molecular complexity index is 1550. The molecule has 1 unspecified atom stereocenters. The molecule has 15 heteroatoms. The number of benzene rings is 1. The van der Waals surface area contributed by atoms with Gasteiger partial charge in [-0.25, -0.2) is 0 Å². The lowest BCUT2D eigenvalue weighted by atomic mass is 9.75. The molecule has 0 aromatic heterocycles. The van der Waals surface area contributed by atoms with Crippen LogP contribution in [0.4, 0.5) is 5.69 Å². The molecule has 15 nitrogen and oxygen atoms in total. The molecule has 2 N–H and O–H groups in total. The number of hydrogen-bond donors (Lipinski definition) is 2. The molecule has 1 aliphatic carbocycles. The average molecular weight is 763 g/mol. The highest BCUT2D eigenvalue weighted by Crippen LogP contribution is 2.51. The van der Waals surface area contributed by atoms with Crippen molar-refractivity contribution in [3.8, 4) is 5.75 Å². The number of aliphatic hydroxyl groups is 2. The summed E-state index contributed by atoms with van der Waals surface area (Å²) in [7, 11) is 5.25. The second kappa shape index (κ2) is 17.1. The van der Waals surface area contributed by atoms with E-state index in [0.29, 0.717) is 6.42 Å². The van der Waals surface area contributed by atoms with Gasteiger partial charge >= 0.3 is 11.7 Å². The first-order valence-corrected chi connectivity index (χ1v) is 18.6. The summed E-state index contributed by atoms with van der Waals surface area (Å²) in [4.78, 5) is 53.3. The zero-order valence-electron chi connectivity index (χ0n) is 33.2. The molecular weight excluding hydrogens is 704 g/mol. The number of rotatable bonds is 10. The van der Waals surface area contributed by atoms with Gasteiger partial charge in [-0.2, -0.15) is 0 Å². The molecule has 0 amide bonds. The number of carbonyl (C=O) groups is 3. The summed E-state index contributed by atoms with van der Waals surface area (Å²) >= 11 is 0. The minimum absolute atomic E-state index is 0.0536. The summed E-state index contributed by atoms with van der Waals surface area (Å²) < 4.78 is 38.1. The minimum atomic E-state index is -1.87. The van der Waals surface area contributed by atoms with Gasteiger partial charge in [0.2, 0.25) is 0 Å². The molecule has 1 saturated carbocycles. The Morgan fingerprint density at radius 2 is 1.72 bits per heavy atom. The number of hydrogen-bond acceptors (Lipinski definition) is 14. The van der Waals surface area contributed by atoms with E-state index in [9.17, 15) is 34.7 Å². The van der Waals surface area contributed by atoms with E-state index in [4.69, 9.17) is 28.4 Å². The first kappa shape index (κ1) is 43.3. The number of ketones is 2. The highest BCUT2D eigenvalue weighted by Gasteiger charge is 2.70. The maximum atomic E-state index is 14.0. The smallest absolute Gasteiger partial charge is 0.312 e. The molecule has 3 aliphatic rings. The molecule has 15 atom stereocenters. The minimum Gasteiger partial charge on any atom is -0.491 e. The molecule has 302 valence electrons. The van der Waals surface area contributed by atoms with Crippen molar-refractivity contribution in [3.63, 3.8) is 0 Å². The topological polar surface area (TPSA) is 193 Å². The largest absolute Gasteiger partial charge is 0.491 e. The van der Waals surface area contributed by atoms with Crippen molar-refractivity contribution in [1.29, 1.82) is 0 Å². The van der Waals surface area contributed by atoms with E-state index in [1.54, 1.807) is 40.7 Å². The van der Waals surface area contributed by atoms with Crippen molar-refractivity contribution in [3.05, 3.63) is 46.7 Å². The molecule has 3 fully saturated rings. The van der Waals surface area contributed by atoms with Crippen molar-refractivity contribution in [2.24, 2.45) is 29.6 Å². The number of esters is 1. The molecule has 4 rings (SSSR count). The van der Waals surface area contributed by atoms with Crippen LogP contribution >= 0.6 is 0 Å². The summed E-state index contributed by atoms with van der Waals surface area (Å²) in [5, 5.41) is 35.0. The monoisotopic (exact) mass is 762 g/mol. The van der Waals surface area contributed by atoms with Crippen LogP contribution in [0.5, 0.6) is 5.75 Å². The Morgan fingerprint density at radius 1 is 1.07 bits per heavy atom. The lowest BCUT2D eigenvalue weighted by molar-refractivity contribution is -0.386. The highest BCUT2D eigenvalue weighted by atomic mass is 16.7. The van der Waals surface area contributed by atoms with Crippen LogP contribution in [0.2, 0.25) is 0 Å². The number of nitrogens with zero attached hydrogens (tertiary/aromatic N) is 2. The number of likely N-dealkylation sites (N-methyl/N-ethyl adjacent to an activating group) is 1. The third kappa shape index (κ3) is 8.81. The van der Waals surface area contributed by atoms with Crippen LogP contribution in [-0.2, 0) is 38.1 Å². The maximum absolute atomic E-state index is 14.0. The number of para-hydroxylation sites is 2. The Morgan fingerprint density at radius 3 is 2.31 bits per heavy atom. The molecule has 0 radical (unpaired) electrons. The van der Waals surface area contributed by atoms with Crippen molar-refractivity contribution >= 4 is 23.2 Å². The van der Waals surface area contributed by atoms with E-state index in [-0.39, 0.29) is 41.6 Å². The quantitative estimate of drug-likeness (QED) is 0.115. The summed E-state index contributed by atoms with van der Waals surface area (Å²) in [5.41, 5.74) is -3.53. The Kier molecular flexibility index (Phi) is 13.7. The lowest BCUT2D eigenvalue weighted by Gasteiger charge is -2.48. The van der Waals surface area contributed by atoms with Crippen LogP contribution in [0.1, 0.15) is 68.2 Å². The standard InChI is InChI=1S/C39H58N2O13/c1-20-19-38(8,49-11)34(54-37-32(50-17-16-21(2)42)28(40(9)10)18-22(3)51-37)24(5)31(52-29-15-13-12-14-27(29)41(47)48)25(6)36(45)53-35-26(7)39(35,46)33(44)23(4)30(20)43/h12-17,20,22-26,28,31-35,37,44,46H,18-19H2,1-11H3/b17-16+/t20-,22-,23+,24+,25-,26?,28+,31+,32-,33-,34-,35-,37+,38+,39+/m1/s1. The number of nitro groups is 1. The molecule has 1 aromatic rings. The molecule has 0 spiro atoms. The molecule has 1 aromatic carbocycles. The molecule has 2 saturated heterocycles. The maximum Gasteiger partial charge on any atom is 0.312 e. The van der Waals surface area contributed by atoms with Crippen LogP contribution in [0, 0.1) is 39.7 Å².